The first-order valence-corrected chi connectivity index (χ1v) is 5.72. The van der Waals surface area contributed by atoms with Gasteiger partial charge in [-0.1, -0.05) is 11.8 Å². The molecular formula is C8H13N3O2S. The molecule has 2 rings (SSSR count). The van der Waals surface area contributed by atoms with Crippen LogP contribution in [-0.4, -0.2) is 33.6 Å². The molecule has 0 saturated carbocycles. The van der Waals surface area contributed by atoms with Crippen molar-refractivity contribution in [2.45, 2.75) is 30.5 Å². The topological polar surface area (TPSA) is 70.8 Å². The molecule has 0 aliphatic carbocycles. The van der Waals surface area contributed by atoms with Gasteiger partial charge in [0.05, 0.1) is 6.10 Å². The van der Waals surface area contributed by atoms with E-state index < -0.39 is 0 Å². The highest BCUT2D eigenvalue weighted by molar-refractivity contribution is 7.99. The molecule has 1 aliphatic heterocycles. The second-order valence-corrected chi connectivity index (χ2v) is 4.29. The molecule has 2 N–H and O–H groups in total. The summed E-state index contributed by atoms with van der Waals surface area (Å²) in [5.74, 6) is 0.862. The van der Waals surface area contributed by atoms with E-state index in [4.69, 9.17) is 4.74 Å². The van der Waals surface area contributed by atoms with Crippen LogP contribution in [0.4, 0.5) is 0 Å². The predicted octanol–water partition coefficient (Wildman–Crippen LogP) is 0.759. The van der Waals surface area contributed by atoms with Crippen LogP contribution < -0.4 is 5.69 Å². The number of nitrogens with one attached hydrogen (secondary N) is 2. The lowest BCUT2D eigenvalue weighted by Gasteiger charge is -2.21. The fraction of sp³-hybridized carbons (Fsp3) is 0.750. The predicted molar refractivity (Wildman–Crippen MR) is 53.5 cm³/mol. The van der Waals surface area contributed by atoms with E-state index in [2.05, 4.69) is 15.2 Å². The molecule has 0 aromatic carbocycles. The van der Waals surface area contributed by atoms with Crippen molar-refractivity contribution in [1.29, 1.82) is 0 Å². The van der Waals surface area contributed by atoms with Crippen LogP contribution in [0.1, 0.15) is 19.3 Å². The third-order valence-electron chi connectivity index (χ3n) is 2.16. The van der Waals surface area contributed by atoms with E-state index in [1.807, 2.05) is 0 Å². The highest BCUT2D eigenvalue weighted by Gasteiger charge is 2.14. The fourth-order valence-electron chi connectivity index (χ4n) is 1.43. The van der Waals surface area contributed by atoms with Crippen LogP contribution in [0, 0.1) is 0 Å². The molecule has 5 nitrogen and oxygen atoms in total. The zero-order valence-corrected chi connectivity index (χ0v) is 8.60. The Morgan fingerprint density at radius 2 is 2.50 bits per heavy atom. The summed E-state index contributed by atoms with van der Waals surface area (Å²) >= 11 is 1.52. The lowest BCUT2D eigenvalue weighted by molar-refractivity contribution is 0.0315. The minimum Gasteiger partial charge on any atom is -0.377 e. The lowest BCUT2D eigenvalue weighted by atomic mass is 10.1. The largest absolute Gasteiger partial charge is 0.377 e. The first kappa shape index (κ1) is 9.79. The highest BCUT2D eigenvalue weighted by atomic mass is 32.2. The Balaban J connectivity index is 1.78. The fourth-order valence-corrected chi connectivity index (χ4v) is 2.32. The van der Waals surface area contributed by atoms with E-state index in [-0.39, 0.29) is 5.69 Å². The Hall–Kier alpha value is -0.750. The van der Waals surface area contributed by atoms with Crippen LogP contribution in [0.25, 0.3) is 0 Å². The molecule has 1 saturated heterocycles. The van der Waals surface area contributed by atoms with Crippen molar-refractivity contribution < 1.29 is 4.74 Å². The molecule has 14 heavy (non-hydrogen) atoms. The van der Waals surface area contributed by atoms with Gasteiger partial charge in [-0.2, -0.15) is 0 Å². The number of thioether (sulfide) groups is 1. The molecule has 1 atom stereocenters. The third-order valence-corrected chi connectivity index (χ3v) is 3.16. The van der Waals surface area contributed by atoms with Crippen LogP contribution in [0.15, 0.2) is 9.95 Å². The van der Waals surface area contributed by atoms with Gasteiger partial charge in [0.25, 0.3) is 0 Å². The zero-order chi connectivity index (χ0) is 9.80. The summed E-state index contributed by atoms with van der Waals surface area (Å²) in [4.78, 5) is 13.3. The number of rotatable bonds is 3. The van der Waals surface area contributed by atoms with Crippen LogP contribution >= 0.6 is 11.8 Å². The summed E-state index contributed by atoms with van der Waals surface area (Å²) in [7, 11) is 0. The minimum atomic E-state index is -0.253. The number of ether oxygens (including phenoxy) is 1. The quantitative estimate of drug-likeness (QED) is 0.730. The highest BCUT2D eigenvalue weighted by Crippen LogP contribution is 2.19. The summed E-state index contributed by atoms with van der Waals surface area (Å²) in [5, 5.41) is 6.79. The molecular weight excluding hydrogens is 202 g/mol. The van der Waals surface area contributed by atoms with Crippen molar-refractivity contribution in [3.05, 3.63) is 10.5 Å². The van der Waals surface area contributed by atoms with E-state index in [0.29, 0.717) is 11.3 Å². The maximum Gasteiger partial charge on any atom is 0.341 e. The van der Waals surface area contributed by atoms with Crippen LogP contribution in [-0.2, 0) is 4.74 Å². The molecule has 78 valence electrons. The van der Waals surface area contributed by atoms with Crippen LogP contribution in [0.5, 0.6) is 0 Å². The van der Waals surface area contributed by atoms with Gasteiger partial charge in [0.15, 0.2) is 5.16 Å². The maximum atomic E-state index is 10.7. The van der Waals surface area contributed by atoms with Gasteiger partial charge in [-0.25, -0.2) is 9.89 Å². The third kappa shape index (κ3) is 2.62. The monoisotopic (exact) mass is 215 g/mol. The number of hydrogen-bond acceptors (Lipinski definition) is 4. The summed E-state index contributed by atoms with van der Waals surface area (Å²) in [6.07, 6.45) is 3.83. The number of H-pyrrole nitrogens is 2. The van der Waals surface area contributed by atoms with Crippen molar-refractivity contribution in [3.63, 3.8) is 0 Å². The second-order valence-electron chi connectivity index (χ2n) is 3.28. The summed E-state index contributed by atoms with van der Waals surface area (Å²) in [6, 6.07) is 0. The van der Waals surface area contributed by atoms with E-state index in [1.165, 1.54) is 24.6 Å². The molecule has 6 heteroatoms. The van der Waals surface area contributed by atoms with Crippen LogP contribution in [0.2, 0.25) is 0 Å². The maximum absolute atomic E-state index is 10.7. The average Bonchev–Trinajstić information content (AvgIpc) is 2.63. The Labute approximate surface area is 85.6 Å². The number of aromatic amines is 2. The standard InChI is InChI=1S/C8H13N3O2S/c12-7-9-8(11-10-7)14-5-6-3-1-2-4-13-6/h6H,1-5H2,(H2,9,10,11,12). The Morgan fingerprint density at radius 1 is 1.57 bits per heavy atom. The minimum absolute atomic E-state index is 0.253. The number of nitrogens with zero attached hydrogens (tertiary/aromatic N) is 1. The van der Waals surface area contributed by atoms with Crippen molar-refractivity contribution >= 4 is 11.8 Å². The smallest absolute Gasteiger partial charge is 0.341 e. The zero-order valence-electron chi connectivity index (χ0n) is 7.78. The van der Waals surface area contributed by atoms with E-state index >= 15 is 0 Å². The van der Waals surface area contributed by atoms with Crippen molar-refractivity contribution in [1.82, 2.24) is 15.2 Å². The molecule has 2 heterocycles. The molecule has 1 aliphatic rings. The lowest BCUT2D eigenvalue weighted by Crippen LogP contribution is -2.21. The van der Waals surface area contributed by atoms with E-state index in [0.717, 1.165) is 18.8 Å². The molecule has 1 fully saturated rings. The van der Waals surface area contributed by atoms with Gasteiger partial charge in [-0.15, -0.1) is 5.10 Å². The molecule has 1 aromatic rings. The van der Waals surface area contributed by atoms with Gasteiger partial charge in [-0.3, -0.25) is 4.98 Å². The molecule has 1 aromatic heterocycles. The Morgan fingerprint density at radius 3 is 3.14 bits per heavy atom. The first-order valence-electron chi connectivity index (χ1n) is 4.74. The summed E-state index contributed by atoms with van der Waals surface area (Å²) in [6.45, 7) is 0.863. The van der Waals surface area contributed by atoms with Gasteiger partial charge in [-0.05, 0) is 19.3 Å². The number of aromatic nitrogens is 3. The Bertz CT molecular complexity index is 329. The van der Waals surface area contributed by atoms with Crippen molar-refractivity contribution in [2.75, 3.05) is 12.4 Å². The van der Waals surface area contributed by atoms with Gasteiger partial charge in [0.1, 0.15) is 0 Å². The van der Waals surface area contributed by atoms with Crippen molar-refractivity contribution in [3.8, 4) is 0 Å². The SMILES string of the molecule is O=c1[nH]nc(SCC2CCCCO2)[nH]1. The summed E-state index contributed by atoms with van der Waals surface area (Å²) in [5.41, 5.74) is -0.253. The van der Waals surface area contributed by atoms with E-state index in [1.54, 1.807) is 0 Å². The molecule has 0 spiro atoms. The molecule has 1 unspecified atom stereocenters. The first-order chi connectivity index (χ1) is 6.84. The molecule has 0 radical (unpaired) electrons. The van der Waals surface area contributed by atoms with Crippen molar-refractivity contribution in [2.24, 2.45) is 0 Å². The van der Waals surface area contributed by atoms with Crippen LogP contribution in [0.3, 0.4) is 0 Å². The van der Waals surface area contributed by atoms with E-state index in [9.17, 15) is 4.79 Å². The van der Waals surface area contributed by atoms with Gasteiger partial charge >= 0.3 is 5.69 Å². The average molecular weight is 215 g/mol. The summed E-state index contributed by atoms with van der Waals surface area (Å²) < 4.78 is 5.56. The Kier molecular flexibility index (Phi) is 3.26. The molecule has 0 bridgehead atoms. The van der Waals surface area contributed by atoms with Gasteiger partial charge < -0.3 is 4.74 Å². The van der Waals surface area contributed by atoms with Gasteiger partial charge in [0, 0.05) is 12.4 Å². The molecule has 0 amide bonds. The second kappa shape index (κ2) is 4.65. The number of hydrogen-bond donors (Lipinski definition) is 2. The van der Waals surface area contributed by atoms with Gasteiger partial charge in [0.2, 0.25) is 0 Å². The normalized spacial score (nSPS) is 22.4.